The number of rotatable bonds is 4. The molecule has 0 aliphatic carbocycles. The first-order valence-electron chi connectivity index (χ1n) is 8.82. The first-order chi connectivity index (χ1) is 13.6. The SMILES string of the molecule is CN1C(=O)C(c2ccccc2)(c2cccc(Nc3cccnc3)c2)NC1=NN. The Bertz CT molecular complexity index is 1020. The fourth-order valence-corrected chi connectivity index (χ4v) is 3.45. The van der Waals surface area contributed by atoms with E-state index in [2.05, 4.69) is 20.7 Å². The van der Waals surface area contributed by atoms with Crippen LogP contribution in [-0.4, -0.2) is 28.8 Å². The van der Waals surface area contributed by atoms with E-state index in [1.54, 1.807) is 19.4 Å². The normalized spacial score (nSPS) is 20.2. The molecule has 7 heteroatoms. The summed E-state index contributed by atoms with van der Waals surface area (Å²) < 4.78 is 0. The van der Waals surface area contributed by atoms with E-state index in [9.17, 15) is 4.79 Å². The minimum absolute atomic E-state index is 0.151. The smallest absolute Gasteiger partial charge is 0.264 e. The average Bonchev–Trinajstić information content (AvgIpc) is 3.01. The Morgan fingerprint density at radius 2 is 1.79 bits per heavy atom. The summed E-state index contributed by atoms with van der Waals surface area (Å²) in [5.41, 5.74) is 2.18. The molecule has 0 bridgehead atoms. The molecule has 7 nitrogen and oxygen atoms in total. The number of pyridine rings is 1. The molecule has 28 heavy (non-hydrogen) atoms. The lowest BCUT2D eigenvalue weighted by Crippen LogP contribution is -2.45. The van der Waals surface area contributed by atoms with E-state index in [4.69, 9.17) is 5.84 Å². The van der Waals surface area contributed by atoms with E-state index >= 15 is 0 Å². The number of benzene rings is 2. The maximum absolute atomic E-state index is 13.4. The quantitative estimate of drug-likeness (QED) is 0.483. The van der Waals surface area contributed by atoms with E-state index in [1.807, 2.05) is 66.7 Å². The summed E-state index contributed by atoms with van der Waals surface area (Å²) in [6, 6.07) is 21.1. The Hall–Kier alpha value is -3.87. The zero-order valence-electron chi connectivity index (χ0n) is 15.3. The van der Waals surface area contributed by atoms with Gasteiger partial charge in [-0.05, 0) is 35.4 Å². The number of amides is 1. The van der Waals surface area contributed by atoms with E-state index < -0.39 is 5.54 Å². The van der Waals surface area contributed by atoms with Gasteiger partial charge >= 0.3 is 0 Å². The van der Waals surface area contributed by atoms with Gasteiger partial charge in [-0.1, -0.05) is 42.5 Å². The Morgan fingerprint density at radius 1 is 1.04 bits per heavy atom. The molecule has 1 amide bonds. The van der Waals surface area contributed by atoms with Crippen LogP contribution in [0.3, 0.4) is 0 Å². The molecule has 0 saturated carbocycles. The van der Waals surface area contributed by atoms with Crippen molar-refractivity contribution in [1.82, 2.24) is 15.2 Å². The highest BCUT2D eigenvalue weighted by atomic mass is 16.2. The minimum Gasteiger partial charge on any atom is -0.354 e. The molecule has 0 spiro atoms. The Morgan fingerprint density at radius 3 is 2.46 bits per heavy atom. The van der Waals surface area contributed by atoms with E-state index in [0.717, 1.165) is 22.5 Å². The van der Waals surface area contributed by atoms with Gasteiger partial charge in [0.15, 0.2) is 5.54 Å². The number of hydrogen-bond donors (Lipinski definition) is 3. The van der Waals surface area contributed by atoms with Crippen molar-refractivity contribution in [3.63, 3.8) is 0 Å². The molecule has 4 N–H and O–H groups in total. The summed E-state index contributed by atoms with van der Waals surface area (Å²) >= 11 is 0. The second-order valence-electron chi connectivity index (χ2n) is 6.51. The highest BCUT2D eigenvalue weighted by molar-refractivity contribution is 6.11. The molecule has 1 aliphatic heterocycles. The van der Waals surface area contributed by atoms with Crippen LogP contribution in [-0.2, 0) is 10.3 Å². The van der Waals surface area contributed by atoms with Crippen LogP contribution in [0.2, 0.25) is 0 Å². The van der Waals surface area contributed by atoms with Gasteiger partial charge in [0, 0.05) is 18.9 Å². The number of guanidine groups is 1. The Labute approximate surface area is 162 Å². The number of carbonyl (C=O) groups is 1. The molecule has 1 atom stereocenters. The minimum atomic E-state index is -1.11. The molecule has 1 aromatic heterocycles. The summed E-state index contributed by atoms with van der Waals surface area (Å²) in [6.45, 7) is 0. The average molecular weight is 372 g/mol. The van der Waals surface area contributed by atoms with E-state index in [1.165, 1.54) is 4.90 Å². The van der Waals surface area contributed by atoms with Gasteiger partial charge in [-0.25, -0.2) is 0 Å². The summed E-state index contributed by atoms with van der Waals surface area (Å²) in [5, 5.41) is 10.3. The fourth-order valence-electron chi connectivity index (χ4n) is 3.45. The second kappa shape index (κ2) is 7.03. The van der Waals surface area contributed by atoms with Crippen LogP contribution >= 0.6 is 0 Å². The van der Waals surface area contributed by atoms with E-state index in [-0.39, 0.29) is 5.91 Å². The number of hydrazone groups is 1. The third-order valence-electron chi connectivity index (χ3n) is 4.82. The van der Waals surface area contributed by atoms with Crippen LogP contribution in [0.1, 0.15) is 11.1 Å². The number of likely N-dealkylation sites (N-methyl/N-ethyl adjacent to an activating group) is 1. The fraction of sp³-hybridized carbons (Fsp3) is 0.0952. The number of nitrogens with two attached hydrogens (primary N) is 1. The zero-order valence-corrected chi connectivity index (χ0v) is 15.3. The Kier molecular flexibility index (Phi) is 4.41. The van der Waals surface area contributed by atoms with Gasteiger partial charge in [0.05, 0.1) is 11.9 Å². The van der Waals surface area contributed by atoms with Gasteiger partial charge in [-0.2, -0.15) is 0 Å². The van der Waals surface area contributed by atoms with Crippen molar-refractivity contribution in [3.8, 4) is 0 Å². The number of aromatic nitrogens is 1. The predicted molar refractivity (Wildman–Crippen MR) is 109 cm³/mol. The van der Waals surface area contributed by atoms with Crippen LogP contribution in [0.25, 0.3) is 0 Å². The van der Waals surface area contributed by atoms with E-state index in [0.29, 0.717) is 5.96 Å². The van der Waals surface area contributed by atoms with Gasteiger partial charge < -0.3 is 16.5 Å². The van der Waals surface area contributed by atoms with Crippen molar-refractivity contribution < 1.29 is 4.79 Å². The third kappa shape index (κ3) is 2.83. The molecular weight excluding hydrogens is 352 g/mol. The van der Waals surface area contributed by atoms with Crippen LogP contribution in [0.15, 0.2) is 84.2 Å². The second-order valence-corrected chi connectivity index (χ2v) is 6.51. The number of nitrogens with zero attached hydrogens (tertiary/aromatic N) is 3. The monoisotopic (exact) mass is 372 g/mol. The summed E-state index contributed by atoms with van der Waals surface area (Å²) in [4.78, 5) is 18.9. The van der Waals surface area contributed by atoms with Crippen molar-refractivity contribution in [2.75, 3.05) is 12.4 Å². The summed E-state index contributed by atoms with van der Waals surface area (Å²) in [5.74, 6) is 5.68. The molecule has 1 aliphatic rings. The van der Waals surface area contributed by atoms with Gasteiger partial charge in [0.1, 0.15) is 0 Å². The van der Waals surface area contributed by atoms with Crippen molar-refractivity contribution >= 4 is 23.2 Å². The highest BCUT2D eigenvalue weighted by Crippen LogP contribution is 2.36. The van der Waals surface area contributed by atoms with Crippen LogP contribution in [0.4, 0.5) is 11.4 Å². The lowest BCUT2D eigenvalue weighted by molar-refractivity contribution is -0.129. The summed E-state index contributed by atoms with van der Waals surface area (Å²) in [6.07, 6.45) is 3.46. The first-order valence-corrected chi connectivity index (χ1v) is 8.82. The Balaban J connectivity index is 1.83. The molecule has 0 radical (unpaired) electrons. The van der Waals surface area contributed by atoms with Crippen molar-refractivity contribution in [1.29, 1.82) is 0 Å². The van der Waals surface area contributed by atoms with Crippen molar-refractivity contribution in [2.45, 2.75) is 5.54 Å². The van der Waals surface area contributed by atoms with Crippen LogP contribution in [0.5, 0.6) is 0 Å². The number of carbonyl (C=O) groups excluding carboxylic acids is 1. The van der Waals surface area contributed by atoms with Gasteiger partial charge in [-0.15, -0.1) is 5.10 Å². The van der Waals surface area contributed by atoms with Gasteiger partial charge in [-0.3, -0.25) is 14.7 Å². The summed E-state index contributed by atoms with van der Waals surface area (Å²) in [7, 11) is 1.66. The largest absolute Gasteiger partial charge is 0.354 e. The number of hydrogen-bond acceptors (Lipinski definition) is 5. The maximum Gasteiger partial charge on any atom is 0.264 e. The maximum atomic E-state index is 13.4. The van der Waals surface area contributed by atoms with Crippen molar-refractivity contribution in [2.24, 2.45) is 10.9 Å². The molecule has 3 aromatic rings. The van der Waals surface area contributed by atoms with Crippen molar-refractivity contribution in [3.05, 3.63) is 90.3 Å². The lowest BCUT2D eigenvalue weighted by atomic mass is 9.82. The van der Waals surface area contributed by atoms with Crippen LogP contribution in [0, 0.1) is 0 Å². The molecule has 1 fully saturated rings. The molecular formula is C21H20N6O. The number of anilines is 2. The highest BCUT2D eigenvalue weighted by Gasteiger charge is 2.51. The molecule has 2 aromatic carbocycles. The predicted octanol–water partition coefficient (Wildman–Crippen LogP) is 2.36. The molecule has 4 rings (SSSR count). The topological polar surface area (TPSA) is 95.6 Å². The third-order valence-corrected chi connectivity index (χ3v) is 4.82. The molecule has 2 heterocycles. The van der Waals surface area contributed by atoms with Gasteiger partial charge in [0.2, 0.25) is 5.96 Å². The molecule has 1 unspecified atom stereocenters. The lowest BCUT2D eigenvalue weighted by Gasteiger charge is -2.28. The van der Waals surface area contributed by atoms with Crippen LogP contribution < -0.4 is 16.5 Å². The molecule has 1 saturated heterocycles. The zero-order chi connectivity index (χ0) is 19.6. The standard InChI is InChI=1S/C21H20N6O/c1-27-19(28)21(25-20(27)26-22,15-7-3-2-4-8-15)16-9-5-10-17(13-16)24-18-11-6-12-23-14-18/h2-14,24H,22H2,1H3,(H,25,26). The van der Waals surface area contributed by atoms with Gasteiger partial charge in [0.25, 0.3) is 5.91 Å². The first kappa shape index (κ1) is 17.5. The molecule has 140 valence electrons. The number of nitrogens with one attached hydrogen (secondary N) is 2.